The van der Waals surface area contributed by atoms with Crippen LogP contribution >= 0.6 is 0 Å². The summed E-state index contributed by atoms with van der Waals surface area (Å²) >= 11 is 0. The van der Waals surface area contributed by atoms with Crippen LogP contribution in [0.4, 0.5) is 0 Å². The molecule has 0 fully saturated rings. The van der Waals surface area contributed by atoms with Crippen LogP contribution < -0.4 is 4.74 Å². The van der Waals surface area contributed by atoms with Crippen molar-refractivity contribution in [2.24, 2.45) is 0 Å². The number of ether oxygens (including phenoxy) is 1. The summed E-state index contributed by atoms with van der Waals surface area (Å²) in [7, 11) is -4.27. The molecule has 0 saturated carbocycles. The summed E-state index contributed by atoms with van der Waals surface area (Å²) in [4.78, 5) is -0.178. The van der Waals surface area contributed by atoms with Crippen LogP contribution in [0.3, 0.4) is 0 Å². The molecule has 0 saturated heterocycles. The van der Waals surface area contributed by atoms with Gasteiger partial charge in [0.25, 0.3) is 0 Å². The number of rotatable bonds is 9. The lowest BCUT2D eigenvalue weighted by atomic mass is 10.1. The van der Waals surface area contributed by atoms with Crippen LogP contribution in [0.25, 0.3) is 0 Å². The molecule has 3 aromatic carbocycles. The minimum atomic E-state index is -4.27. The highest BCUT2D eigenvalue weighted by molar-refractivity contribution is 7.85. The first kappa shape index (κ1) is 24.6. The van der Waals surface area contributed by atoms with Crippen molar-refractivity contribution in [1.82, 2.24) is 0 Å². The molecule has 31 heavy (non-hydrogen) atoms. The van der Waals surface area contributed by atoms with Crippen molar-refractivity contribution in [1.29, 1.82) is 0 Å². The predicted octanol–water partition coefficient (Wildman–Crippen LogP) is 6.14. The SMILES string of the molecule is CCCCCCOc1ccc(Cc2ccccc2)cc1.Cc1ccc(S(=O)(=O)[O-])cc1. The fourth-order valence-electron chi connectivity index (χ4n) is 2.96. The highest BCUT2D eigenvalue weighted by Gasteiger charge is 1.99. The molecule has 0 amide bonds. The van der Waals surface area contributed by atoms with E-state index in [0.717, 1.165) is 30.8 Å². The van der Waals surface area contributed by atoms with Crippen LogP contribution in [0.1, 0.15) is 49.3 Å². The summed E-state index contributed by atoms with van der Waals surface area (Å²) in [5.41, 5.74) is 3.60. The van der Waals surface area contributed by atoms with Crippen LogP contribution in [0.15, 0.2) is 83.8 Å². The van der Waals surface area contributed by atoms with Crippen LogP contribution in [-0.2, 0) is 16.5 Å². The summed E-state index contributed by atoms with van der Waals surface area (Å²) in [5, 5.41) is 0. The third kappa shape index (κ3) is 9.81. The Balaban J connectivity index is 0.000000262. The number of aryl methyl sites for hydroxylation is 1. The van der Waals surface area contributed by atoms with Gasteiger partial charge in [-0.1, -0.05) is 86.3 Å². The Bertz CT molecular complexity index is 980. The third-order valence-electron chi connectivity index (χ3n) is 4.75. The molecule has 0 unspecified atom stereocenters. The van der Waals surface area contributed by atoms with Crippen molar-refractivity contribution in [3.63, 3.8) is 0 Å². The summed E-state index contributed by atoms with van der Waals surface area (Å²) in [6, 6.07) is 24.8. The van der Waals surface area contributed by atoms with Crippen molar-refractivity contribution >= 4 is 10.1 Å². The number of hydrogen-bond acceptors (Lipinski definition) is 4. The second kappa shape index (κ2) is 12.9. The van der Waals surface area contributed by atoms with E-state index in [0.29, 0.717) is 0 Å². The fraction of sp³-hybridized carbons (Fsp3) is 0.308. The molecule has 3 rings (SSSR count). The maximum atomic E-state index is 10.4. The van der Waals surface area contributed by atoms with Gasteiger partial charge in [0.2, 0.25) is 0 Å². The van der Waals surface area contributed by atoms with Crippen LogP contribution in [0, 0.1) is 6.92 Å². The quantitative estimate of drug-likeness (QED) is 0.297. The van der Waals surface area contributed by atoms with Crippen LogP contribution in [-0.4, -0.2) is 19.6 Å². The lowest BCUT2D eigenvalue weighted by Crippen LogP contribution is -1.97. The molecule has 5 heteroatoms. The molecule has 0 aromatic heterocycles. The van der Waals surface area contributed by atoms with E-state index in [1.54, 1.807) is 12.1 Å². The Labute approximate surface area is 186 Å². The minimum Gasteiger partial charge on any atom is -0.744 e. The molecule has 0 aliphatic rings. The predicted molar refractivity (Wildman–Crippen MR) is 124 cm³/mol. The standard InChI is InChI=1S/C19H24O.C7H8O3S/c1-2-3-4-8-15-20-19-13-11-18(12-14-19)16-17-9-6-5-7-10-17;1-6-2-4-7(5-3-6)11(8,9)10/h5-7,9-14H,2-4,8,15-16H2,1H3;2-5H,1H3,(H,8,9,10)/p-1. The zero-order valence-corrected chi connectivity index (χ0v) is 19.1. The van der Waals surface area contributed by atoms with E-state index in [1.807, 2.05) is 6.92 Å². The summed E-state index contributed by atoms with van der Waals surface area (Å²) in [6.45, 7) is 4.88. The average Bonchev–Trinajstić information content (AvgIpc) is 2.76. The molecular formula is C26H31O4S-. The van der Waals surface area contributed by atoms with Gasteiger partial charge in [0.15, 0.2) is 0 Å². The topological polar surface area (TPSA) is 66.4 Å². The second-order valence-electron chi connectivity index (χ2n) is 7.48. The molecule has 0 spiro atoms. The smallest absolute Gasteiger partial charge is 0.124 e. The second-order valence-corrected chi connectivity index (χ2v) is 8.86. The number of unbranched alkanes of at least 4 members (excludes halogenated alkanes) is 3. The van der Waals surface area contributed by atoms with Crippen LogP contribution in [0.2, 0.25) is 0 Å². The molecule has 0 N–H and O–H groups in total. The molecule has 0 atom stereocenters. The largest absolute Gasteiger partial charge is 0.744 e. The zero-order valence-electron chi connectivity index (χ0n) is 18.3. The molecule has 0 aliphatic carbocycles. The van der Waals surface area contributed by atoms with Gasteiger partial charge >= 0.3 is 0 Å². The van der Waals surface area contributed by atoms with E-state index in [2.05, 4.69) is 61.5 Å². The highest BCUT2D eigenvalue weighted by atomic mass is 32.2. The van der Waals surface area contributed by atoms with Gasteiger partial charge in [0, 0.05) is 0 Å². The molecule has 166 valence electrons. The molecule has 0 bridgehead atoms. The number of benzene rings is 3. The molecule has 0 heterocycles. The van der Waals surface area contributed by atoms with Gasteiger partial charge in [0.1, 0.15) is 15.9 Å². The highest BCUT2D eigenvalue weighted by Crippen LogP contribution is 2.16. The molecule has 3 aromatic rings. The van der Waals surface area contributed by atoms with Gasteiger partial charge in [-0.25, -0.2) is 8.42 Å². The summed E-state index contributed by atoms with van der Waals surface area (Å²) in [5.74, 6) is 0.985. The van der Waals surface area contributed by atoms with Gasteiger partial charge in [0.05, 0.1) is 11.5 Å². The van der Waals surface area contributed by atoms with E-state index in [4.69, 9.17) is 4.74 Å². The molecule has 0 aliphatic heterocycles. The first-order valence-corrected chi connectivity index (χ1v) is 12.1. The van der Waals surface area contributed by atoms with Crippen LogP contribution in [0.5, 0.6) is 5.75 Å². The first-order chi connectivity index (χ1) is 14.9. The van der Waals surface area contributed by atoms with Gasteiger partial charge in [-0.2, -0.15) is 0 Å². The van der Waals surface area contributed by atoms with Gasteiger partial charge in [-0.15, -0.1) is 0 Å². The Hall–Kier alpha value is -2.63. The first-order valence-electron chi connectivity index (χ1n) is 10.7. The maximum absolute atomic E-state index is 10.4. The maximum Gasteiger partial charge on any atom is 0.124 e. The van der Waals surface area contributed by atoms with E-state index in [1.165, 1.54) is 42.5 Å². The van der Waals surface area contributed by atoms with E-state index < -0.39 is 10.1 Å². The zero-order chi connectivity index (χ0) is 22.5. The summed E-state index contributed by atoms with van der Waals surface area (Å²) < 4.78 is 36.9. The molecular weight excluding hydrogens is 408 g/mol. The Morgan fingerprint density at radius 1 is 0.774 bits per heavy atom. The van der Waals surface area contributed by atoms with Crippen molar-refractivity contribution in [3.8, 4) is 5.75 Å². The third-order valence-corrected chi connectivity index (χ3v) is 5.60. The van der Waals surface area contributed by atoms with Gasteiger partial charge in [-0.3, -0.25) is 0 Å². The van der Waals surface area contributed by atoms with E-state index in [-0.39, 0.29) is 4.90 Å². The lowest BCUT2D eigenvalue weighted by molar-refractivity contribution is 0.305. The minimum absolute atomic E-state index is 0.178. The molecule has 0 radical (unpaired) electrons. The van der Waals surface area contributed by atoms with E-state index in [9.17, 15) is 13.0 Å². The Morgan fingerprint density at radius 2 is 1.39 bits per heavy atom. The monoisotopic (exact) mass is 439 g/mol. The number of hydrogen-bond donors (Lipinski definition) is 0. The van der Waals surface area contributed by atoms with Crippen molar-refractivity contribution in [2.75, 3.05) is 6.61 Å². The van der Waals surface area contributed by atoms with Crippen molar-refractivity contribution < 1.29 is 17.7 Å². The Morgan fingerprint density at radius 3 is 1.97 bits per heavy atom. The fourth-order valence-corrected chi connectivity index (χ4v) is 3.43. The lowest BCUT2D eigenvalue weighted by Gasteiger charge is -2.07. The van der Waals surface area contributed by atoms with Crippen molar-refractivity contribution in [2.45, 2.75) is 50.8 Å². The molecule has 4 nitrogen and oxygen atoms in total. The average molecular weight is 440 g/mol. The normalized spacial score (nSPS) is 10.8. The van der Waals surface area contributed by atoms with Gasteiger partial charge < -0.3 is 9.29 Å². The Kier molecular flexibility index (Phi) is 10.3. The summed E-state index contributed by atoms with van der Waals surface area (Å²) in [6.07, 6.45) is 5.98. The van der Waals surface area contributed by atoms with E-state index >= 15 is 0 Å². The van der Waals surface area contributed by atoms with Crippen molar-refractivity contribution in [3.05, 3.63) is 95.6 Å². The van der Waals surface area contributed by atoms with Gasteiger partial charge in [-0.05, 0) is 55.2 Å².